The fourth-order valence-corrected chi connectivity index (χ4v) is 6.85. The maximum Gasteiger partial charge on any atom is 2.00 e. The van der Waals surface area contributed by atoms with Gasteiger partial charge in [0.25, 0.3) is 0 Å². The van der Waals surface area contributed by atoms with Crippen molar-refractivity contribution in [3.05, 3.63) is 121 Å². The van der Waals surface area contributed by atoms with Gasteiger partial charge < -0.3 is 18.5 Å². The third-order valence-electron chi connectivity index (χ3n) is 8.92. The molecule has 0 unspecified atom stereocenters. The van der Waals surface area contributed by atoms with Gasteiger partial charge in [-0.2, -0.15) is 6.07 Å². The quantitative estimate of drug-likeness (QED) is 0.145. The van der Waals surface area contributed by atoms with Gasteiger partial charge in [-0.15, -0.1) is 35.2 Å². The molecule has 0 aliphatic carbocycles. The molecule has 8 aromatic rings. The van der Waals surface area contributed by atoms with Crippen LogP contribution in [0.3, 0.4) is 0 Å². The van der Waals surface area contributed by atoms with Crippen LogP contribution in [0.2, 0.25) is 0 Å². The second-order valence-corrected chi connectivity index (χ2v) is 11.5. The topological polar surface area (TPSA) is 62.3 Å². The molecule has 5 aromatic carbocycles. The summed E-state index contributed by atoms with van der Waals surface area (Å²) < 4.78 is 21.6. The Labute approximate surface area is 279 Å². The molecular formula is C38H22BN3O3Pt. The van der Waals surface area contributed by atoms with Crippen LogP contribution in [0.5, 0.6) is 23.0 Å². The van der Waals surface area contributed by atoms with Crippen LogP contribution in [-0.4, -0.2) is 21.2 Å². The van der Waals surface area contributed by atoms with Crippen molar-refractivity contribution in [2.24, 2.45) is 0 Å². The van der Waals surface area contributed by atoms with E-state index in [0.717, 1.165) is 95.7 Å². The summed E-state index contributed by atoms with van der Waals surface area (Å²) in [4.78, 5) is 9.47. The molecule has 0 amide bonds. The third kappa shape index (κ3) is 3.88. The Balaban J connectivity index is 0.00000292. The molecule has 3 aromatic heterocycles. The van der Waals surface area contributed by atoms with Crippen LogP contribution in [0, 0.1) is 12.1 Å². The molecule has 5 heterocycles. The van der Waals surface area contributed by atoms with Gasteiger partial charge in [0, 0.05) is 28.7 Å². The molecule has 2 aliphatic heterocycles. The van der Waals surface area contributed by atoms with Crippen molar-refractivity contribution in [3.63, 3.8) is 0 Å². The maximum atomic E-state index is 6.73. The molecule has 0 fully saturated rings. The summed E-state index contributed by atoms with van der Waals surface area (Å²) in [7, 11) is 0. The van der Waals surface area contributed by atoms with E-state index in [1.54, 1.807) is 0 Å². The van der Waals surface area contributed by atoms with Gasteiger partial charge in [0.05, 0.1) is 5.52 Å². The monoisotopic (exact) mass is 774 g/mol. The van der Waals surface area contributed by atoms with Gasteiger partial charge in [-0.25, -0.2) is 4.98 Å². The zero-order valence-corrected chi connectivity index (χ0v) is 26.8. The van der Waals surface area contributed by atoms with E-state index in [0.29, 0.717) is 5.89 Å². The van der Waals surface area contributed by atoms with Crippen molar-refractivity contribution in [3.8, 4) is 40.3 Å². The molecule has 0 radical (unpaired) electrons. The number of benzene rings is 5. The summed E-state index contributed by atoms with van der Waals surface area (Å²) in [6.45, 7) is 1.92. The van der Waals surface area contributed by atoms with Gasteiger partial charge in [-0.1, -0.05) is 59.8 Å². The van der Waals surface area contributed by atoms with Crippen LogP contribution in [-0.2, 0) is 27.5 Å². The molecular weight excluding hydrogens is 752 g/mol. The maximum absolute atomic E-state index is 6.73. The van der Waals surface area contributed by atoms with Gasteiger partial charge in [0.2, 0.25) is 6.71 Å². The number of para-hydroxylation sites is 3. The number of hydrogen-bond donors (Lipinski definition) is 0. The molecule has 2 aliphatic rings. The fourth-order valence-electron chi connectivity index (χ4n) is 6.85. The number of aromatic nitrogens is 3. The Bertz CT molecular complexity index is 2470. The average Bonchev–Trinajstić information content (AvgIpc) is 3.66. The first-order chi connectivity index (χ1) is 22.2. The summed E-state index contributed by atoms with van der Waals surface area (Å²) in [5.74, 6) is 4.48. The number of hydrogen-bond acceptors (Lipinski definition) is 5. The van der Waals surface area contributed by atoms with Gasteiger partial charge in [-0.3, -0.25) is 4.98 Å². The molecule has 10 rings (SSSR count). The van der Waals surface area contributed by atoms with Crippen molar-refractivity contribution in [2.45, 2.75) is 13.3 Å². The summed E-state index contributed by atoms with van der Waals surface area (Å²) in [6.07, 6.45) is 2.69. The number of pyridine rings is 1. The molecule has 220 valence electrons. The molecule has 0 bridgehead atoms. The molecule has 0 saturated heterocycles. The number of oxazole rings is 1. The predicted molar refractivity (Wildman–Crippen MR) is 176 cm³/mol. The third-order valence-corrected chi connectivity index (χ3v) is 8.92. The zero-order chi connectivity index (χ0) is 29.6. The Morgan fingerprint density at radius 2 is 1.54 bits per heavy atom. The second kappa shape index (κ2) is 10.2. The number of nitrogens with zero attached hydrogens (tertiary/aromatic N) is 3. The van der Waals surface area contributed by atoms with E-state index in [1.807, 2.05) is 60.8 Å². The van der Waals surface area contributed by atoms with Crippen molar-refractivity contribution < 1.29 is 35.0 Å². The number of aryl methyl sites for hydroxylation is 1. The van der Waals surface area contributed by atoms with E-state index in [-0.39, 0.29) is 27.8 Å². The van der Waals surface area contributed by atoms with E-state index in [1.165, 1.54) is 0 Å². The van der Waals surface area contributed by atoms with E-state index >= 15 is 0 Å². The minimum absolute atomic E-state index is 0. The zero-order valence-electron chi connectivity index (χ0n) is 24.5. The van der Waals surface area contributed by atoms with E-state index in [9.17, 15) is 0 Å². The van der Waals surface area contributed by atoms with Crippen molar-refractivity contribution >= 4 is 56.0 Å². The van der Waals surface area contributed by atoms with Gasteiger partial charge in [-0.05, 0) is 59.8 Å². The van der Waals surface area contributed by atoms with Crippen molar-refractivity contribution in [1.82, 2.24) is 14.5 Å². The molecule has 0 N–H and O–H groups in total. The summed E-state index contributed by atoms with van der Waals surface area (Å²) >= 11 is 0. The number of fused-ring (bicyclic) bond motifs is 8. The van der Waals surface area contributed by atoms with Gasteiger partial charge >= 0.3 is 21.1 Å². The summed E-state index contributed by atoms with van der Waals surface area (Å²) in [6, 6.07) is 40.0. The first-order valence-corrected chi connectivity index (χ1v) is 15.1. The molecule has 0 saturated carbocycles. The fraction of sp³-hybridized carbons (Fsp3) is 0.0526. The van der Waals surface area contributed by atoms with Crippen LogP contribution in [0.1, 0.15) is 12.5 Å². The molecule has 0 atom stereocenters. The Morgan fingerprint density at radius 3 is 2.37 bits per heavy atom. The molecule has 6 nitrogen and oxygen atoms in total. The first-order valence-electron chi connectivity index (χ1n) is 15.1. The standard InChI is InChI=1S/C38H22BN3O3.Pt/c1-2-22-17-34-37-35(18-22)44-33-20-25-24-9-3-5-11-29(24)42(36-13-7-8-16-40-36)30(25)21-27(33)39(37)26-19-23(14-15-31(26)43-34)38-41-28-10-4-6-12-32(28)45-38;/h3-18,20H,2H2,1H3;/q-2;+2. The normalized spacial score (nSPS) is 12.7. The predicted octanol–water partition coefficient (Wildman–Crippen LogP) is 6.87. The van der Waals surface area contributed by atoms with Crippen LogP contribution in [0.4, 0.5) is 0 Å². The molecule has 46 heavy (non-hydrogen) atoms. The van der Waals surface area contributed by atoms with E-state index < -0.39 is 0 Å². The largest absolute Gasteiger partial charge is 2.00 e. The van der Waals surface area contributed by atoms with E-state index in [4.69, 9.17) is 23.9 Å². The Kier molecular flexibility index (Phi) is 6.03. The second-order valence-electron chi connectivity index (χ2n) is 11.5. The number of ether oxygens (including phenoxy) is 2. The van der Waals surface area contributed by atoms with Crippen LogP contribution in [0.25, 0.3) is 50.2 Å². The van der Waals surface area contributed by atoms with E-state index in [2.05, 4.69) is 66.1 Å². The molecule has 8 heteroatoms. The minimum atomic E-state index is -0.225. The van der Waals surface area contributed by atoms with Crippen molar-refractivity contribution in [2.75, 3.05) is 0 Å². The van der Waals surface area contributed by atoms with Crippen molar-refractivity contribution in [1.29, 1.82) is 0 Å². The average molecular weight is 775 g/mol. The minimum Gasteiger partial charge on any atom is -0.518 e. The van der Waals surface area contributed by atoms with Gasteiger partial charge in [0.15, 0.2) is 0 Å². The van der Waals surface area contributed by atoms with Crippen LogP contribution in [0.15, 0.2) is 108 Å². The SMILES string of the molecule is CCc1cc2c3c(c1)Oc1cc4c5ccccc5n(-c5ccccn5)c4[c-]c1B3c1[c-]c(-c3nc4ccccc4o3)ccc1O2.[Pt+2]. The molecule has 0 spiro atoms. The smallest absolute Gasteiger partial charge is 0.518 e. The first kappa shape index (κ1) is 27.2. The Morgan fingerprint density at radius 1 is 0.761 bits per heavy atom. The van der Waals surface area contributed by atoms with Crippen LogP contribution >= 0.6 is 0 Å². The van der Waals surface area contributed by atoms with Crippen LogP contribution < -0.4 is 25.9 Å². The van der Waals surface area contributed by atoms with Gasteiger partial charge in [0.1, 0.15) is 28.8 Å². The number of rotatable bonds is 3. The Hall–Kier alpha value is -5.13. The summed E-state index contributed by atoms with van der Waals surface area (Å²) in [5, 5.41) is 2.17. The summed E-state index contributed by atoms with van der Waals surface area (Å²) in [5.41, 5.74) is 8.27.